The van der Waals surface area contributed by atoms with Gasteiger partial charge in [0, 0.05) is 13.1 Å². The minimum absolute atomic E-state index is 0.465. The zero-order chi connectivity index (χ0) is 18.1. The molecule has 0 aliphatic heterocycles. The Balaban J connectivity index is 1.68. The van der Waals surface area contributed by atoms with Crippen molar-refractivity contribution in [2.45, 2.75) is 33.4 Å². The van der Waals surface area contributed by atoms with E-state index in [0.29, 0.717) is 38.1 Å². The van der Waals surface area contributed by atoms with Crippen LogP contribution in [0.2, 0.25) is 0 Å². The van der Waals surface area contributed by atoms with Gasteiger partial charge in [-0.1, -0.05) is 38.1 Å². The van der Waals surface area contributed by atoms with Crippen LogP contribution in [0.5, 0.6) is 11.5 Å². The zero-order valence-electron chi connectivity index (χ0n) is 15.3. The van der Waals surface area contributed by atoms with E-state index in [-0.39, 0.29) is 0 Å². The Morgan fingerprint density at radius 1 is 0.680 bits per heavy atom. The van der Waals surface area contributed by atoms with Crippen molar-refractivity contribution in [1.82, 2.24) is 0 Å². The highest BCUT2D eigenvalue weighted by Crippen LogP contribution is 2.18. The Hall–Kier alpha value is -2.04. The van der Waals surface area contributed by atoms with Gasteiger partial charge in [0.15, 0.2) is 0 Å². The summed E-state index contributed by atoms with van der Waals surface area (Å²) in [6, 6.07) is 15.9. The highest BCUT2D eigenvalue weighted by Gasteiger charge is 2.11. The van der Waals surface area contributed by atoms with Gasteiger partial charge in [-0.2, -0.15) is 0 Å². The van der Waals surface area contributed by atoms with Gasteiger partial charge in [-0.3, -0.25) is 0 Å². The largest absolute Gasteiger partial charge is 0.493 e. The molecule has 0 saturated carbocycles. The van der Waals surface area contributed by atoms with Crippen LogP contribution in [-0.2, 0) is 13.1 Å². The fourth-order valence-corrected chi connectivity index (χ4v) is 2.74. The van der Waals surface area contributed by atoms with Crippen LogP contribution in [0.15, 0.2) is 48.5 Å². The molecule has 2 rings (SSSR count). The Kier molecular flexibility index (Phi) is 7.76. The molecule has 2 unspecified atom stereocenters. The van der Waals surface area contributed by atoms with Crippen molar-refractivity contribution in [2.24, 2.45) is 23.3 Å². The van der Waals surface area contributed by atoms with Crippen LogP contribution in [-0.4, -0.2) is 13.2 Å². The summed E-state index contributed by atoms with van der Waals surface area (Å²) in [5.74, 6) is 2.72. The zero-order valence-corrected chi connectivity index (χ0v) is 15.3. The first-order chi connectivity index (χ1) is 12.1. The standard InChI is InChI=1S/C21H30N2O2/c1-16(14-24-20-7-3-18(12-22)4-8-20)11-17(2)15-25-21-9-5-19(13-23)6-10-21/h3-10,16-17H,11-15,22-23H2,1-2H3. The number of benzene rings is 2. The molecule has 25 heavy (non-hydrogen) atoms. The van der Waals surface area contributed by atoms with E-state index >= 15 is 0 Å². The van der Waals surface area contributed by atoms with Crippen molar-refractivity contribution < 1.29 is 9.47 Å². The van der Waals surface area contributed by atoms with Crippen molar-refractivity contribution in [3.05, 3.63) is 59.7 Å². The first-order valence-corrected chi connectivity index (χ1v) is 8.94. The predicted octanol–water partition coefficient (Wildman–Crippen LogP) is 3.72. The van der Waals surface area contributed by atoms with Gasteiger partial charge in [0.1, 0.15) is 11.5 Å². The summed E-state index contributed by atoms with van der Waals surface area (Å²) in [5, 5.41) is 0. The molecule has 2 atom stereocenters. The second-order valence-electron chi connectivity index (χ2n) is 6.76. The Bertz CT molecular complexity index is 555. The number of ether oxygens (including phenoxy) is 2. The van der Waals surface area contributed by atoms with Gasteiger partial charge in [-0.25, -0.2) is 0 Å². The normalized spacial score (nSPS) is 13.3. The third-order valence-corrected chi connectivity index (χ3v) is 4.19. The maximum atomic E-state index is 5.86. The first kappa shape index (κ1) is 19.3. The van der Waals surface area contributed by atoms with Crippen LogP contribution in [0.4, 0.5) is 0 Å². The van der Waals surface area contributed by atoms with E-state index < -0.39 is 0 Å². The third kappa shape index (κ3) is 6.77. The lowest BCUT2D eigenvalue weighted by atomic mass is 9.99. The molecule has 2 aromatic rings. The van der Waals surface area contributed by atoms with Crippen molar-refractivity contribution in [2.75, 3.05) is 13.2 Å². The molecule has 0 aromatic heterocycles. The lowest BCUT2D eigenvalue weighted by Crippen LogP contribution is -2.16. The van der Waals surface area contributed by atoms with Crippen LogP contribution >= 0.6 is 0 Å². The van der Waals surface area contributed by atoms with E-state index in [4.69, 9.17) is 20.9 Å². The fraction of sp³-hybridized carbons (Fsp3) is 0.429. The second-order valence-corrected chi connectivity index (χ2v) is 6.76. The summed E-state index contributed by atoms with van der Waals surface area (Å²) in [5.41, 5.74) is 13.4. The molecule has 0 heterocycles. The monoisotopic (exact) mass is 342 g/mol. The fourth-order valence-electron chi connectivity index (χ4n) is 2.74. The summed E-state index contributed by atoms with van der Waals surface area (Å²) in [6.07, 6.45) is 1.06. The highest BCUT2D eigenvalue weighted by atomic mass is 16.5. The van der Waals surface area contributed by atoms with Crippen LogP contribution in [0.3, 0.4) is 0 Å². The first-order valence-electron chi connectivity index (χ1n) is 8.94. The van der Waals surface area contributed by atoms with Crippen molar-refractivity contribution in [1.29, 1.82) is 0 Å². The second kappa shape index (κ2) is 10.1. The molecule has 4 N–H and O–H groups in total. The van der Waals surface area contributed by atoms with Crippen molar-refractivity contribution in [3.63, 3.8) is 0 Å². The molecule has 0 saturated heterocycles. The van der Waals surface area contributed by atoms with E-state index in [1.165, 1.54) is 0 Å². The molecule has 4 nitrogen and oxygen atoms in total. The summed E-state index contributed by atoms with van der Waals surface area (Å²) in [4.78, 5) is 0. The average Bonchev–Trinajstić information content (AvgIpc) is 2.65. The maximum Gasteiger partial charge on any atom is 0.119 e. The summed E-state index contributed by atoms with van der Waals surface area (Å²) < 4.78 is 11.7. The van der Waals surface area contributed by atoms with Crippen LogP contribution in [0.1, 0.15) is 31.4 Å². The van der Waals surface area contributed by atoms with E-state index in [1.807, 2.05) is 48.5 Å². The predicted molar refractivity (Wildman–Crippen MR) is 103 cm³/mol. The number of nitrogens with two attached hydrogens (primary N) is 2. The summed E-state index contributed by atoms with van der Waals surface area (Å²) in [7, 11) is 0. The molecular formula is C21H30N2O2. The molecule has 0 bridgehead atoms. The molecule has 4 heteroatoms. The van der Waals surface area contributed by atoms with E-state index in [1.54, 1.807) is 0 Å². The summed E-state index contributed by atoms with van der Waals surface area (Å²) in [6.45, 7) is 6.95. The lowest BCUT2D eigenvalue weighted by molar-refractivity contribution is 0.198. The van der Waals surface area contributed by atoms with Gasteiger partial charge < -0.3 is 20.9 Å². The molecule has 0 fully saturated rings. The van der Waals surface area contributed by atoms with E-state index in [0.717, 1.165) is 29.0 Å². The molecule has 0 aliphatic rings. The molecule has 0 aliphatic carbocycles. The van der Waals surface area contributed by atoms with Gasteiger partial charge in [-0.05, 0) is 53.6 Å². The number of hydrogen-bond donors (Lipinski definition) is 2. The molecule has 2 aromatic carbocycles. The van der Waals surface area contributed by atoms with Gasteiger partial charge in [-0.15, -0.1) is 0 Å². The van der Waals surface area contributed by atoms with Gasteiger partial charge in [0.05, 0.1) is 13.2 Å². The SMILES string of the molecule is CC(COc1ccc(CN)cc1)CC(C)COc1ccc(CN)cc1. The lowest BCUT2D eigenvalue weighted by Gasteiger charge is -2.18. The topological polar surface area (TPSA) is 70.5 Å². The quantitative estimate of drug-likeness (QED) is 0.690. The van der Waals surface area contributed by atoms with Crippen molar-refractivity contribution in [3.8, 4) is 11.5 Å². The Labute approximate surface area is 151 Å². The molecule has 0 spiro atoms. The van der Waals surface area contributed by atoms with Gasteiger partial charge in [0.2, 0.25) is 0 Å². The van der Waals surface area contributed by atoms with Gasteiger partial charge in [0.25, 0.3) is 0 Å². The third-order valence-electron chi connectivity index (χ3n) is 4.19. The van der Waals surface area contributed by atoms with E-state index in [9.17, 15) is 0 Å². The molecule has 0 amide bonds. The summed E-state index contributed by atoms with van der Waals surface area (Å²) >= 11 is 0. The molecule has 136 valence electrons. The van der Waals surface area contributed by atoms with Crippen LogP contribution in [0, 0.1) is 11.8 Å². The number of hydrogen-bond acceptors (Lipinski definition) is 4. The molecular weight excluding hydrogens is 312 g/mol. The Morgan fingerprint density at radius 2 is 1.04 bits per heavy atom. The molecule has 0 radical (unpaired) electrons. The van der Waals surface area contributed by atoms with Crippen LogP contribution in [0.25, 0.3) is 0 Å². The van der Waals surface area contributed by atoms with Gasteiger partial charge >= 0.3 is 0 Å². The number of rotatable bonds is 10. The van der Waals surface area contributed by atoms with E-state index in [2.05, 4.69) is 13.8 Å². The average molecular weight is 342 g/mol. The highest BCUT2D eigenvalue weighted by molar-refractivity contribution is 5.27. The minimum Gasteiger partial charge on any atom is -0.493 e. The minimum atomic E-state index is 0.465. The smallest absolute Gasteiger partial charge is 0.119 e. The maximum absolute atomic E-state index is 5.86. The van der Waals surface area contributed by atoms with Crippen LogP contribution < -0.4 is 20.9 Å². The van der Waals surface area contributed by atoms with Crippen molar-refractivity contribution >= 4 is 0 Å². The Morgan fingerprint density at radius 3 is 1.36 bits per heavy atom.